The average molecular weight is 508 g/mol. The van der Waals surface area contributed by atoms with Crippen molar-refractivity contribution in [2.75, 3.05) is 32.9 Å². The smallest absolute Gasteiger partial charge is 0.222 e. The van der Waals surface area contributed by atoms with Crippen LogP contribution in [0.5, 0.6) is 11.6 Å². The van der Waals surface area contributed by atoms with Crippen molar-refractivity contribution in [2.45, 2.75) is 52.4 Å². The molecular weight excluding hydrogens is 466 g/mol. The summed E-state index contributed by atoms with van der Waals surface area (Å²) in [5, 5.41) is 15.7. The molecule has 0 radical (unpaired) electrons. The predicted octanol–water partition coefficient (Wildman–Crippen LogP) is 5.20. The van der Waals surface area contributed by atoms with Gasteiger partial charge in [-0.25, -0.2) is 4.68 Å². The minimum absolute atomic E-state index is 0.155. The molecule has 2 heterocycles. The largest absolute Gasteiger partial charge is 0.439 e. The van der Waals surface area contributed by atoms with Crippen LogP contribution in [0.4, 0.5) is 0 Å². The summed E-state index contributed by atoms with van der Waals surface area (Å²) in [6, 6.07) is 18.2. The van der Waals surface area contributed by atoms with Crippen molar-refractivity contribution < 1.29 is 19.3 Å². The van der Waals surface area contributed by atoms with Crippen molar-refractivity contribution in [1.29, 1.82) is 0 Å². The van der Waals surface area contributed by atoms with E-state index in [4.69, 9.17) is 19.3 Å². The van der Waals surface area contributed by atoms with Crippen LogP contribution in [0.1, 0.15) is 37.8 Å². The lowest BCUT2D eigenvalue weighted by atomic mass is 10.1. The maximum atomic E-state index is 10.8. The van der Waals surface area contributed by atoms with Gasteiger partial charge in [0, 0.05) is 45.5 Å². The molecule has 1 N–H and O–H groups in total. The van der Waals surface area contributed by atoms with Gasteiger partial charge in [0.2, 0.25) is 5.88 Å². The normalized spacial score (nSPS) is 16.6. The Kier molecular flexibility index (Phi) is 9.75. The fourth-order valence-corrected chi connectivity index (χ4v) is 4.66. The van der Waals surface area contributed by atoms with Gasteiger partial charge in [0.25, 0.3) is 0 Å². The second kappa shape index (κ2) is 13.2. The van der Waals surface area contributed by atoms with E-state index in [1.165, 1.54) is 5.56 Å². The summed E-state index contributed by atoms with van der Waals surface area (Å²) in [5.41, 5.74) is 4.08. The summed E-state index contributed by atoms with van der Waals surface area (Å²) in [4.78, 5) is 2.25. The molecule has 1 saturated heterocycles. The fraction of sp³-hybridized carbons (Fsp3) is 0.500. The number of aryl methyl sites for hydroxylation is 2. The average Bonchev–Trinajstić information content (AvgIpc) is 3.49. The second-order valence-electron chi connectivity index (χ2n) is 10.5. The summed E-state index contributed by atoms with van der Waals surface area (Å²) in [5.74, 6) is 1.90. The third kappa shape index (κ3) is 7.89. The molecule has 0 bridgehead atoms. The van der Waals surface area contributed by atoms with Crippen LogP contribution in [0, 0.1) is 12.8 Å². The maximum absolute atomic E-state index is 10.8. The lowest BCUT2D eigenvalue weighted by Crippen LogP contribution is -2.39. The highest BCUT2D eigenvalue weighted by atomic mass is 16.5. The number of ether oxygens (including phenoxy) is 3. The Hall–Kier alpha value is -2.71. The van der Waals surface area contributed by atoms with Gasteiger partial charge in [-0.3, -0.25) is 4.90 Å². The Morgan fingerprint density at radius 1 is 1.11 bits per heavy atom. The van der Waals surface area contributed by atoms with E-state index in [9.17, 15) is 5.11 Å². The molecule has 1 aromatic heterocycles. The van der Waals surface area contributed by atoms with E-state index in [1.54, 1.807) is 0 Å². The van der Waals surface area contributed by atoms with Crippen molar-refractivity contribution in [3.05, 3.63) is 65.7 Å². The van der Waals surface area contributed by atoms with E-state index >= 15 is 0 Å². The molecule has 2 atom stereocenters. The number of benzene rings is 2. The molecular formula is C30H41N3O4. The molecule has 1 aliphatic heterocycles. The minimum Gasteiger partial charge on any atom is -0.439 e. The van der Waals surface area contributed by atoms with Crippen LogP contribution in [0.2, 0.25) is 0 Å². The van der Waals surface area contributed by atoms with Gasteiger partial charge >= 0.3 is 0 Å². The topological polar surface area (TPSA) is 69.0 Å². The van der Waals surface area contributed by atoms with Gasteiger partial charge in [-0.1, -0.05) is 61.9 Å². The molecule has 0 amide bonds. The molecule has 3 aromatic rings. The standard InChI is InChI=1S/C30H41N3O4/c1-22(2)20-35-21-25(34)17-33(18-27-11-8-16-36-27)19-28-29(24-9-6-5-7-10-24)31-32(4)30(28)37-26-14-12-23(3)13-15-26/h5-7,9-10,12-15,22,25,27,34H,8,11,16-21H2,1-4H3. The van der Waals surface area contributed by atoms with Gasteiger partial charge < -0.3 is 19.3 Å². The Labute approximate surface area is 221 Å². The number of aliphatic hydroxyl groups excluding tert-OH is 1. The summed E-state index contributed by atoms with van der Waals surface area (Å²) in [7, 11) is 1.92. The van der Waals surface area contributed by atoms with E-state index < -0.39 is 6.10 Å². The monoisotopic (exact) mass is 507 g/mol. The maximum Gasteiger partial charge on any atom is 0.222 e. The number of aromatic nitrogens is 2. The fourth-order valence-electron chi connectivity index (χ4n) is 4.66. The van der Waals surface area contributed by atoms with E-state index in [2.05, 4.69) is 37.8 Å². The molecule has 0 aliphatic carbocycles. The van der Waals surface area contributed by atoms with Crippen LogP contribution < -0.4 is 4.74 Å². The van der Waals surface area contributed by atoms with E-state index in [0.29, 0.717) is 38.1 Å². The minimum atomic E-state index is -0.599. The molecule has 1 aliphatic rings. The van der Waals surface area contributed by atoms with Crippen LogP contribution in [-0.2, 0) is 23.1 Å². The summed E-state index contributed by atoms with van der Waals surface area (Å²) >= 11 is 0. The van der Waals surface area contributed by atoms with Crippen LogP contribution in [0.3, 0.4) is 0 Å². The first kappa shape index (κ1) is 27.3. The van der Waals surface area contributed by atoms with Crippen molar-refractivity contribution in [3.8, 4) is 22.9 Å². The van der Waals surface area contributed by atoms with Crippen molar-refractivity contribution in [1.82, 2.24) is 14.7 Å². The third-order valence-electron chi connectivity index (χ3n) is 6.47. The van der Waals surface area contributed by atoms with Crippen LogP contribution >= 0.6 is 0 Å². The Morgan fingerprint density at radius 2 is 1.86 bits per heavy atom. The van der Waals surface area contributed by atoms with Crippen molar-refractivity contribution in [2.24, 2.45) is 13.0 Å². The first-order chi connectivity index (χ1) is 17.9. The first-order valence-corrected chi connectivity index (χ1v) is 13.3. The van der Waals surface area contributed by atoms with E-state index in [-0.39, 0.29) is 6.10 Å². The molecule has 7 heteroatoms. The highest BCUT2D eigenvalue weighted by Crippen LogP contribution is 2.34. The van der Waals surface area contributed by atoms with Gasteiger partial charge in [-0.05, 0) is 37.8 Å². The van der Waals surface area contributed by atoms with Gasteiger partial charge in [0.1, 0.15) is 11.4 Å². The zero-order valence-electron chi connectivity index (χ0n) is 22.6. The quantitative estimate of drug-likeness (QED) is 0.343. The Bertz CT molecular complexity index is 1090. The van der Waals surface area contributed by atoms with E-state index in [0.717, 1.165) is 48.6 Å². The van der Waals surface area contributed by atoms with Crippen molar-refractivity contribution in [3.63, 3.8) is 0 Å². The molecule has 4 rings (SSSR count). The van der Waals surface area contributed by atoms with Crippen LogP contribution in [0.25, 0.3) is 11.3 Å². The summed E-state index contributed by atoms with van der Waals surface area (Å²) < 4.78 is 19.9. The predicted molar refractivity (Wildman–Crippen MR) is 146 cm³/mol. The number of hydrogen-bond acceptors (Lipinski definition) is 6. The van der Waals surface area contributed by atoms with Gasteiger partial charge in [0.15, 0.2) is 0 Å². The molecule has 37 heavy (non-hydrogen) atoms. The molecule has 200 valence electrons. The van der Waals surface area contributed by atoms with Crippen molar-refractivity contribution >= 4 is 0 Å². The highest BCUT2D eigenvalue weighted by Gasteiger charge is 2.26. The molecule has 2 unspecified atom stereocenters. The molecule has 0 saturated carbocycles. The Balaban J connectivity index is 1.62. The second-order valence-corrected chi connectivity index (χ2v) is 10.5. The first-order valence-electron chi connectivity index (χ1n) is 13.3. The van der Waals surface area contributed by atoms with Gasteiger partial charge in [-0.2, -0.15) is 5.10 Å². The number of aliphatic hydroxyl groups is 1. The number of nitrogens with zero attached hydrogens (tertiary/aromatic N) is 3. The zero-order valence-corrected chi connectivity index (χ0v) is 22.6. The molecule has 7 nitrogen and oxygen atoms in total. The zero-order chi connectivity index (χ0) is 26.2. The number of hydrogen-bond donors (Lipinski definition) is 1. The van der Waals surface area contributed by atoms with Gasteiger partial charge in [-0.15, -0.1) is 0 Å². The Morgan fingerprint density at radius 3 is 2.54 bits per heavy atom. The van der Waals surface area contributed by atoms with E-state index in [1.807, 2.05) is 54.2 Å². The molecule has 1 fully saturated rings. The molecule has 0 spiro atoms. The van der Waals surface area contributed by atoms with Crippen LogP contribution in [0.15, 0.2) is 54.6 Å². The number of rotatable bonds is 13. The lowest BCUT2D eigenvalue weighted by molar-refractivity contribution is -0.00399. The lowest BCUT2D eigenvalue weighted by Gasteiger charge is -2.28. The van der Waals surface area contributed by atoms with Crippen LogP contribution in [-0.4, -0.2) is 64.9 Å². The summed E-state index contributed by atoms with van der Waals surface area (Å²) in [6.45, 7) is 9.80. The summed E-state index contributed by atoms with van der Waals surface area (Å²) in [6.07, 6.45) is 1.66. The SMILES string of the molecule is Cc1ccc(Oc2c(CN(CC(O)COCC(C)C)CC3CCCO3)c(-c3ccccc3)nn2C)cc1. The molecule has 2 aromatic carbocycles. The van der Waals surface area contributed by atoms with Gasteiger partial charge in [0.05, 0.1) is 24.4 Å². The third-order valence-corrected chi connectivity index (χ3v) is 6.47. The highest BCUT2D eigenvalue weighted by molar-refractivity contribution is 5.65.